The van der Waals surface area contributed by atoms with Crippen molar-refractivity contribution in [1.29, 1.82) is 0 Å². The largest absolute Gasteiger partial charge is 0.455 e. The highest BCUT2D eigenvalue weighted by Crippen LogP contribution is 2.41. The summed E-state index contributed by atoms with van der Waals surface area (Å²) in [4.78, 5) is 15.4. The first-order valence-electron chi connectivity index (χ1n) is 17.8. The Balaban J connectivity index is 1.14. The second-order valence-electron chi connectivity index (χ2n) is 13.2. The number of nitrogens with zero attached hydrogens (tertiary/aromatic N) is 3. The van der Waals surface area contributed by atoms with Crippen LogP contribution in [0.2, 0.25) is 0 Å². The van der Waals surface area contributed by atoms with Gasteiger partial charge >= 0.3 is 0 Å². The van der Waals surface area contributed by atoms with E-state index in [1.165, 1.54) is 11.1 Å². The minimum absolute atomic E-state index is 0.608. The summed E-state index contributed by atoms with van der Waals surface area (Å²) >= 11 is 0. The lowest BCUT2D eigenvalue weighted by Crippen LogP contribution is -2.00. The molecule has 0 fully saturated rings. The van der Waals surface area contributed by atoms with Gasteiger partial charge in [0.15, 0.2) is 17.5 Å². The number of rotatable bonds is 6. The molecule has 0 amide bonds. The van der Waals surface area contributed by atoms with E-state index in [1.807, 2.05) is 54.6 Å². The van der Waals surface area contributed by atoms with Crippen LogP contribution in [0.3, 0.4) is 0 Å². The molecule has 0 unspecified atom stereocenters. The zero-order valence-electron chi connectivity index (χ0n) is 28.6. The molecule has 0 atom stereocenters. The lowest BCUT2D eigenvalue weighted by Gasteiger charge is -2.12. The van der Waals surface area contributed by atoms with Crippen LogP contribution < -0.4 is 0 Å². The summed E-state index contributed by atoms with van der Waals surface area (Å²) in [5, 5.41) is 4.12. The van der Waals surface area contributed by atoms with Crippen molar-refractivity contribution >= 4 is 32.7 Å². The van der Waals surface area contributed by atoms with Gasteiger partial charge in [-0.05, 0) is 63.0 Å². The average Bonchev–Trinajstić information content (AvgIpc) is 3.63. The highest BCUT2D eigenvalue weighted by Gasteiger charge is 2.19. The number of furan rings is 1. The van der Waals surface area contributed by atoms with Gasteiger partial charge in [0.1, 0.15) is 11.2 Å². The molecular weight excluding hydrogens is 647 g/mol. The zero-order valence-corrected chi connectivity index (χ0v) is 28.6. The Morgan fingerprint density at radius 2 is 0.717 bits per heavy atom. The fourth-order valence-corrected chi connectivity index (χ4v) is 7.23. The van der Waals surface area contributed by atoms with Crippen LogP contribution in [0.4, 0.5) is 0 Å². The molecule has 0 saturated carbocycles. The van der Waals surface area contributed by atoms with E-state index in [9.17, 15) is 0 Å². The second-order valence-corrected chi connectivity index (χ2v) is 13.2. The molecule has 53 heavy (non-hydrogen) atoms. The number of benzene rings is 8. The minimum Gasteiger partial charge on any atom is -0.455 e. The van der Waals surface area contributed by atoms with Crippen molar-refractivity contribution in [2.75, 3.05) is 0 Å². The summed E-state index contributed by atoms with van der Waals surface area (Å²) in [6.45, 7) is 0. The smallest absolute Gasteiger partial charge is 0.164 e. The molecule has 2 aromatic heterocycles. The first kappa shape index (κ1) is 30.6. The summed E-state index contributed by atoms with van der Waals surface area (Å²) in [6.07, 6.45) is 0. The maximum Gasteiger partial charge on any atom is 0.164 e. The zero-order chi connectivity index (χ0) is 35.1. The van der Waals surface area contributed by atoms with E-state index in [1.54, 1.807) is 0 Å². The standard InChI is InChI=1S/C49H31N3O/c1-4-12-32(13-5-1)34-20-22-35(23-21-34)36-24-26-38(27-25-36)48-50-47(37-16-8-3-9-17-37)51-49(52-48)44-31-43-40-18-10-11-19-45(40)53-46(43)41-29-28-39(30-42(41)44)33-14-6-2-7-15-33/h1-31H. The van der Waals surface area contributed by atoms with Gasteiger partial charge in [-0.2, -0.15) is 0 Å². The third-order valence-corrected chi connectivity index (χ3v) is 9.96. The molecule has 0 radical (unpaired) electrons. The Morgan fingerprint density at radius 1 is 0.283 bits per heavy atom. The van der Waals surface area contributed by atoms with Gasteiger partial charge in [0.05, 0.1) is 0 Å². The van der Waals surface area contributed by atoms with Crippen LogP contribution >= 0.6 is 0 Å². The molecule has 8 aromatic carbocycles. The number of fused-ring (bicyclic) bond motifs is 5. The Kier molecular flexibility index (Phi) is 7.43. The van der Waals surface area contributed by atoms with Gasteiger partial charge in [-0.25, -0.2) is 15.0 Å². The van der Waals surface area contributed by atoms with E-state index < -0.39 is 0 Å². The topological polar surface area (TPSA) is 51.8 Å². The first-order chi connectivity index (χ1) is 26.2. The Bertz CT molecular complexity index is 2900. The van der Waals surface area contributed by atoms with Gasteiger partial charge in [-0.3, -0.25) is 0 Å². The van der Waals surface area contributed by atoms with Crippen LogP contribution in [0.1, 0.15) is 0 Å². The number of hydrogen-bond acceptors (Lipinski definition) is 4. The van der Waals surface area contributed by atoms with Gasteiger partial charge in [0, 0.05) is 32.8 Å². The minimum atomic E-state index is 0.608. The lowest BCUT2D eigenvalue weighted by atomic mass is 9.95. The van der Waals surface area contributed by atoms with E-state index in [0.717, 1.165) is 71.7 Å². The quantitative estimate of drug-likeness (QED) is 0.176. The van der Waals surface area contributed by atoms with Crippen molar-refractivity contribution in [1.82, 2.24) is 15.0 Å². The van der Waals surface area contributed by atoms with Crippen LogP contribution in [0.15, 0.2) is 192 Å². The molecule has 0 aliphatic rings. The molecule has 248 valence electrons. The Hall–Kier alpha value is -7.17. The number of para-hydroxylation sites is 1. The normalized spacial score (nSPS) is 11.4. The molecule has 2 heterocycles. The van der Waals surface area contributed by atoms with E-state index in [-0.39, 0.29) is 0 Å². The molecular formula is C49H31N3O. The lowest BCUT2D eigenvalue weighted by molar-refractivity contribution is 0.672. The Morgan fingerprint density at radius 3 is 1.32 bits per heavy atom. The van der Waals surface area contributed by atoms with Gasteiger partial charge in [0.25, 0.3) is 0 Å². The van der Waals surface area contributed by atoms with E-state index in [0.29, 0.717) is 17.5 Å². The van der Waals surface area contributed by atoms with Gasteiger partial charge < -0.3 is 4.42 Å². The highest BCUT2D eigenvalue weighted by molar-refractivity contribution is 6.19. The molecule has 10 aromatic rings. The van der Waals surface area contributed by atoms with E-state index in [4.69, 9.17) is 19.4 Å². The van der Waals surface area contributed by atoms with Gasteiger partial charge in [-0.15, -0.1) is 0 Å². The maximum atomic E-state index is 6.51. The summed E-state index contributed by atoms with van der Waals surface area (Å²) in [6, 6.07) is 65.2. The third kappa shape index (κ3) is 5.63. The molecule has 4 heteroatoms. The van der Waals surface area contributed by atoms with E-state index >= 15 is 0 Å². The van der Waals surface area contributed by atoms with Crippen molar-refractivity contribution < 1.29 is 4.42 Å². The maximum absolute atomic E-state index is 6.51. The summed E-state index contributed by atoms with van der Waals surface area (Å²) in [5.41, 5.74) is 11.4. The number of hydrogen-bond donors (Lipinski definition) is 0. The van der Waals surface area contributed by atoms with Crippen molar-refractivity contribution in [2.24, 2.45) is 0 Å². The van der Waals surface area contributed by atoms with Crippen LogP contribution in [-0.2, 0) is 0 Å². The van der Waals surface area contributed by atoms with Gasteiger partial charge in [-0.1, -0.05) is 164 Å². The van der Waals surface area contributed by atoms with E-state index in [2.05, 4.69) is 133 Å². The summed E-state index contributed by atoms with van der Waals surface area (Å²) in [7, 11) is 0. The average molecular weight is 678 g/mol. The molecule has 0 aliphatic heterocycles. The molecule has 0 spiro atoms. The van der Waals surface area contributed by atoms with Crippen LogP contribution in [0, 0.1) is 0 Å². The molecule has 4 nitrogen and oxygen atoms in total. The van der Waals surface area contributed by atoms with Crippen molar-refractivity contribution in [3.8, 4) is 67.5 Å². The van der Waals surface area contributed by atoms with Crippen molar-refractivity contribution in [3.05, 3.63) is 188 Å². The molecule has 0 N–H and O–H groups in total. The highest BCUT2D eigenvalue weighted by atomic mass is 16.3. The summed E-state index contributed by atoms with van der Waals surface area (Å²) < 4.78 is 6.51. The second kappa shape index (κ2) is 12.9. The fraction of sp³-hybridized carbons (Fsp3) is 0. The van der Waals surface area contributed by atoms with Crippen molar-refractivity contribution in [2.45, 2.75) is 0 Å². The molecule has 0 bridgehead atoms. The first-order valence-corrected chi connectivity index (χ1v) is 17.8. The molecule has 0 aliphatic carbocycles. The van der Waals surface area contributed by atoms with Crippen LogP contribution in [-0.4, -0.2) is 15.0 Å². The van der Waals surface area contributed by atoms with Crippen LogP contribution in [0.5, 0.6) is 0 Å². The monoisotopic (exact) mass is 677 g/mol. The predicted molar refractivity (Wildman–Crippen MR) is 217 cm³/mol. The SMILES string of the molecule is c1ccc(-c2ccc(-c3ccc(-c4nc(-c5ccccc5)nc(-c5cc6c7ccccc7oc6c6ccc(-c7ccccc7)cc56)n4)cc3)cc2)cc1. The fourth-order valence-electron chi connectivity index (χ4n) is 7.23. The predicted octanol–water partition coefficient (Wildman–Crippen LogP) is 12.9. The van der Waals surface area contributed by atoms with Gasteiger partial charge in [0.2, 0.25) is 0 Å². The molecule has 0 saturated heterocycles. The summed E-state index contributed by atoms with van der Waals surface area (Å²) in [5.74, 6) is 1.84. The van der Waals surface area contributed by atoms with Crippen LogP contribution in [0.25, 0.3) is 100 Å². The Labute approximate surface area is 306 Å². The van der Waals surface area contributed by atoms with Crippen molar-refractivity contribution in [3.63, 3.8) is 0 Å². The number of aromatic nitrogens is 3. The third-order valence-electron chi connectivity index (χ3n) is 9.96. The molecule has 10 rings (SSSR count).